The number of rotatable bonds is 1. The van der Waals surface area contributed by atoms with Crippen LogP contribution in [-0.4, -0.2) is 6.30 Å². The molecule has 0 atom stereocenters. The lowest BCUT2D eigenvalue weighted by molar-refractivity contribution is -0.157. The summed E-state index contributed by atoms with van der Waals surface area (Å²) in [5.41, 5.74) is 4.62. The van der Waals surface area contributed by atoms with Crippen molar-refractivity contribution in [1.29, 1.82) is 0 Å². The topological polar surface area (TPSA) is 29.3 Å². The smallest absolute Gasteiger partial charge is 0.399 e. The van der Waals surface area contributed by atoms with Crippen LogP contribution < -0.4 is 10.9 Å². The molecule has 0 aromatic heterocycles. The van der Waals surface area contributed by atoms with Crippen molar-refractivity contribution in [2.45, 2.75) is 6.30 Å². The summed E-state index contributed by atoms with van der Waals surface area (Å²) in [6, 6.07) is 4.48. The third-order valence-corrected chi connectivity index (χ3v) is 1.32. The molecule has 0 bridgehead atoms. The van der Waals surface area contributed by atoms with Gasteiger partial charge in [-0.05, 0) is 18.2 Å². The van der Waals surface area contributed by atoms with E-state index in [0.29, 0.717) is 0 Å². The number of nitrogen functional groups attached to an aromatic ring is 1. The van der Waals surface area contributed by atoms with Gasteiger partial charge in [-0.3, -0.25) is 0 Å². The Morgan fingerprint density at radius 3 is 2.31 bits per heavy atom. The fourth-order valence-electron chi connectivity index (χ4n) is 0.793. The first-order valence-corrected chi connectivity index (χ1v) is 3.29. The molecule has 0 aliphatic heterocycles. The third kappa shape index (κ3) is 2.24. The number of hydrogen-bond acceptors (Lipinski definition) is 2. The Balaban J connectivity index is 2.96. The van der Waals surface area contributed by atoms with Gasteiger partial charge >= 0.3 is 6.30 Å². The van der Waals surface area contributed by atoms with Crippen LogP contribution in [0.4, 0.5) is 29.0 Å². The molecule has 1 aromatic rings. The van der Waals surface area contributed by atoms with E-state index in [1.165, 1.54) is 12.1 Å². The van der Waals surface area contributed by atoms with Crippen LogP contribution >= 0.6 is 0 Å². The highest BCUT2D eigenvalue weighted by Gasteiger charge is 2.38. The van der Waals surface area contributed by atoms with Crippen molar-refractivity contribution >= 4 is 11.4 Å². The van der Waals surface area contributed by atoms with Gasteiger partial charge in [0, 0.05) is 5.69 Å². The van der Waals surface area contributed by atoms with E-state index in [-0.39, 0.29) is 5.69 Å². The molecule has 0 unspecified atom stereocenters. The lowest BCUT2D eigenvalue weighted by atomic mass is 10.3. The SMILES string of the molecule is Nc1cccc(N(F)C(F)(F)F)c1. The predicted molar refractivity (Wildman–Crippen MR) is 40.5 cm³/mol. The number of halogens is 4. The highest BCUT2D eigenvalue weighted by molar-refractivity contribution is 5.54. The summed E-state index contributed by atoms with van der Waals surface area (Å²) in [6.45, 7) is 0. The van der Waals surface area contributed by atoms with E-state index in [1.54, 1.807) is 0 Å². The molecule has 0 amide bonds. The summed E-state index contributed by atoms with van der Waals surface area (Å²) in [4.78, 5) is 0. The molecule has 0 saturated carbocycles. The summed E-state index contributed by atoms with van der Waals surface area (Å²) in [5, 5.41) is -1.29. The molecule has 2 nitrogen and oxygen atoms in total. The summed E-state index contributed by atoms with van der Waals surface area (Å²) < 4.78 is 47.8. The molecule has 72 valence electrons. The van der Waals surface area contributed by atoms with Crippen LogP contribution in [0.3, 0.4) is 0 Å². The first-order valence-electron chi connectivity index (χ1n) is 3.29. The van der Waals surface area contributed by atoms with Gasteiger partial charge in [0.2, 0.25) is 0 Å². The van der Waals surface area contributed by atoms with Gasteiger partial charge in [0.15, 0.2) is 0 Å². The van der Waals surface area contributed by atoms with E-state index in [9.17, 15) is 17.7 Å². The first-order chi connectivity index (χ1) is 5.91. The second-order valence-electron chi connectivity index (χ2n) is 2.34. The van der Waals surface area contributed by atoms with Gasteiger partial charge in [-0.2, -0.15) is 0 Å². The van der Waals surface area contributed by atoms with Crippen LogP contribution in [0.1, 0.15) is 0 Å². The maximum atomic E-state index is 12.5. The van der Waals surface area contributed by atoms with Crippen LogP contribution in [0.15, 0.2) is 24.3 Å². The molecule has 2 N–H and O–H groups in total. The van der Waals surface area contributed by atoms with Crippen molar-refractivity contribution < 1.29 is 17.7 Å². The quantitative estimate of drug-likeness (QED) is 0.322. The number of alkyl halides is 3. The summed E-state index contributed by atoms with van der Waals surface area (Å²) in [6.07, 6.45) is -5.03. The number of benzene rings is 1. The number of nitrogens with zero attached hydrogens (tertiary/aromatic N) is 1. The van der Waals surface area contributed by atoms with Crippen molar-refractivity contribution in [2.75, 3.05) is 10.9 Å². The molecule has 6 heteroatoms. The van der Waals surface area contributed by atoms with Gasteiger partial charge in [-0.1, -0.05) is 10.5 Å². The van der Waals surface area contributed by atoms with E-state index >= 15 is 0 Å². The average molecular weight is 194 g/mol. The van der Waals surface area contributed by atoms with Crippen molar-refractivity contribution in [3.63, 3.8) is 0 Å². The molecule has 0 aliphatic carbocycles. The van der Waals surface area contributed by atoms with Gasteiger partial charge in [-0.15, -0.1) is 18.3 Å². The van der Waals surface area contributed by atoms with Crippen LogP contribution in [0, 0.1) is 0 Å². The minimum absolute atomic E-state index is 0.0735. The second-order valence-corrected chi connectivity index (χ2v) is 2.34. The minimum Gasteiger partial charge on any atom is -0.399 e. The van der Waals surface area contributed by atoms with Crippen molar-refractivity contribution in [2.24, 2.45) is 0 Å². The van der Waals surface area contributed by atoms with Gasteiger partial charge < -0.3 is 5.73 Å². The zero-order valence-electron chi connectivity index (χ0n) is 6.35. The molecule has 0 fully saturated rings. The number of nitrogens with two attached hydrogens (primary N) is 1. The molecule has 0 saturated heterocycles. The van der Waals surface area contributed by atoms with Gasteiger partial charge in [0.1, 0.15) is 0 Å². The van der Waals surface area contributed by atoms with Crippen LogP contribution in [0.25, 0.3) is 0 Å². The zero-order valence-corrected chi connectivity index (χ0v) is 6.35. The fraction of sp³-hybridized carbons (Fsp3) is 0.143. The first kappa shape index (κ1) is 9.63. The Morgan fingerprint density at radius 2 is 1.85 bits per heavy atom. The second kappa shape index (κ2) is 3.12. The van der Waals surface area contributed by atoms with Crippen LogP contribution in [-0.2, 0) is 0 Å². The van der Waals surface area contributed by atoms with Crippen LogP contribution in [0.2, 0.25) is 0 Å². The Hall–Kier alpha value is -1.46. The minimum atomic E-state index is -5.03. The molecule has 0 heterocycles. The van der Waals surface area contributed by atoms with E-state index in [4.69, 9.17) is 5.73 Å². The molecule has 0 radical (unpaired) electrons. The average Bonchev–Trinajstić information content (AvgIpc) is 2.01. The maximum absolute atomic E-state index is 12.5. The molecule has 0 aliphatic rings. The third-order valence-electron chi connectivity index (χ3n) is 1.32. The zero-order chi connectivity index (χ0) is 10.1. The van der Waals surface area contributed by atoms with E-state index in [0.717, 1.165) is 12.1 Å². The molecule has 1 rings (SSSR count). The van der Waals surface area contributed by atoms with Gasteiger partial charge in [0.05, 0.1) is 5.69 Å². The monoisotopic (exact) mass is 194 g/mol. The normalized spacial score (nSPS) is 11.4. The number of anilines is 2. The lowest BCUT2D eigenvalue weighted by Gasteiger charge is -2.16. The maximum Gasteiger partial charge on any atom is 0.512 e. The molecule has 1 aromatic carbocycles. The molecular formula is C7H6F4N2. The van der Waals surface area contributed by atoms with Crippen LogP contribution in [0.5, 0.6) is 0 Å². The highest BCUT2D eigenvalue weighted by Crippen LogP contribution is 2.29. The molecule has 0 spiro atoms. The van der Waals surface area contributed by atoms with Crippen molar-refractivity contribution in [3.05, 3.63) is 24.3 Å². The Morgan fingerprint density at radius 1 is 1.23 bits per heavy atom. The van der Waals surface area contributed by atoms with E-state index < -0.39 is 17.1 Å². The Bertz CT molecular complexity index is 297. The number of hydrogen-bond donors (Lipinski definition) is 1. The fourth-order valence-corrected chi connectivity index (χ4v) is 0.793. The standard InChI is InChI=1S/C7H6F4N2/c8-7(9,10)13(11)6-3-1-2-5(12)4-6/h1-4H,12H2. The Labute approximate surface area is 71.5 Å². The van der Waals surface area contributed by atoms with Gasteiger partial charge in [0.25, 0.3) is 0 Å². The summed E-state index contributed by atoms with van der Waals surface area (Å²) in [7, 11) is 0. The van der Waals surface area contributed by atoms with Gasteiger partial charge in [-0.25, -0.2) is 0 Å². The Kier molecular flexibility index (Phi) is 2.31. The van der Waals surface area contributed by atoms with E-state index in [1.807, 2.05) is 0 Å². The van der Waals surface area contributed by atoms with E-state index in [2.05, 4.69) is 0 Å². The lowest BCUT2D eigenvalue weighted by Crippen LogP contribution is -2.30. The van der Waals surface area contributed by atoms with Crippen molar-refractivity contribution in [1.82, 2.24) is 0 Å². The molecule has 13 heavy (non-hydrogen) atoms. The van der Waals surface area contributed by atoms with Crippen molar-refractivity contribution in [3.8, 4) is 0 Å². The summed E-state index contributed by atoms with van der Waals surface area (Å²) >= 11 is 0. The predicted octanol–water partition coefficient (Wildman–Crippen LogP) is 2.48. The summed E-state index contributed by atoms with van der Waals surface area (Å²) in [5.74, 6) is 0. The molecular weight excluding hydrogens is 188 g/mol. The highest BCUT2D eigenvalue weighted by atomic mass is 19.4. The largest absolute Gasteiger partial charge is 0.512 e.